The fourth-order valence-corrected chi connectivity index (χ4v) is 4.52. The standard InChI is InChI=1S/C26H36O7S/c1-4-6-18-34(28,29)33-24-17-16-21(19-25(24)30-3)12-10-11-15-23(5-2)31-20-32-26(27)22-13-8-7-9-14-22/h7-9,13-14,16-17,19,23H,4-6,10-12,15,18,20H2,1-3H3. The Morgan fingerprint density at radius 3 is 2.41 bits per heavy atom. The van der Waals surface area contributed by atoms with Gasteiger partial charge >= 0.3 is 16.1 Å². The maximum Gasteiger partial charge on any atom is 0.340 e. The summed E-state index contributed by atoms with van der Waals surface area (Å²) in [4.78, 5) is 12.0. The number of esters is 1. The largest absolute Gasteiger partial charge is 0.493 e. The van der Waals surface area contributed by atoms with Crippen molar-refractivity contribution < 1.29 is 31.6 Å². The second-order valence-corrected chi connectivity index (χ2v) is 9.73. The summed E-state index contributed by atoms with van der Waals surface area (Å²) in [5.74, 6) is 0.218. The molecule has 34 heavy (non-hydrogen) atoms. The van der Waals surface area contributed by atoms with Gasteiger partial charge in [0.2, 0.25) is 0 Å². The second-order valence-electron chi connectivity index (χ2n) is 8.04. The average Bonchev–Trinajstić information content (AvgIpc) is 2.85. The molecule has 0 spiro atoms. The van der Waals surface area contributed by atoms with Crippen molar-refractivity contribution in [3.05, 3.63) is 59.7 Å². The first kappa shape index (κ1) is 27.7. The molecule has 188 valence electrons. The van der Waals surface area contributed by atoms with Gasteiger partial charge in [-0.2, -0.15) is 8.42 Å². The summed E-state index contributed by atoms with van der Waals surface area (Å²) in [5, 5.41) is 0. The molecule has 1 atom stereocenters. The van der Waals surface area contributed by atoms with E-state index in [1.807, 2.05) is 32.0 Å². The fraction of sp³-hybridized carbons (Fsp3) is 0.500. The Balaban J connectivity index is 1.75. The Hall–Kier alpha value is -2.58. The third-order valence-electron chi connectivity index (χ3n) is 5.39. The number of aryl methyl sites for hydroxylation is 1. The van der Waals surface area contributed by atoms with E-state index >= 15 is 0 Å². The zero-order valence-corrected chi connectivity index (χ0v) is 21.1. The molecule has 0 aliphatic heterocycles. The Morgan fingerprint density at radius 1 is 0.971 bits per heavy atom. The van der Waals surface area contributed by atoms with Crippen molar-refractivity contribution in [1.29, 1.82) is 0 Å². The molecule has 0 amide bonds. The molecular weight excluding hydrogens is 456 g/mol. The van der Waals surface area contributed by atoms with Gasteiger partial charge in [0.05, 0.1) is 24.5 Å². The lowest BCUT2D eigenvalue weighted by Gasteiger charge is -2.16. The molecule has 0 aromatic heterocycles. The number of hydrogen-bond acceptors (Lipinski definition) is 7. The van der Waals surface area contributed by atoms with Gasteiger partial charge in [0, 0.05) is 0 Å². The molecule has 2 rings (SSSR count). The van der Waals surface area contributed by atoms with Crippen LogP contribution in [0.2, 0.25) is 0 Å². The van der Waals surface area contributed by atoms with Crippen LogP contribution in [0.1, 0.15) is 68.3 Å². The van der Waals surface area contributed by atoms with E-state index in [1.165, 1.54) is 7.11 Å². The summed E-state index contributed by atoms with van der Waals surface area (Å²) in [6, 6.07) is 14.2. The first-order valence-electron chi connectivity index (χ1n) is 11.8. The predicted octanol–water partition coefficient (Wildman–Crippen LogP) is 5.53. The summed E-state index contributed by atoms with van der Waals surface area (Å²) in [7, 11) is -2.13. The van der Waals surface area contributed by atoms with Crippen LogP contribution in [0.4, 0.5) is 0 Å². The molecule has 0 radical (unpaired) electrons. The first-order chi connectivity index (χ1) is 16.4. The molecule has 0 heterocycles. The van der Waals surface area contributed by atoms with Gasteiger partial charge in [-0.05, 0) is 61.9 Å². The van der Waals surface area contributed by atoms with Gasteiger partial charge in [-0.1, -0.05) is 51.0 Å². The van der Waals surface area contributed by atoms with Gasteiger partial charge in [0.25, 0.3) is 0 Å². The summed E-state index contributed by atoms with van der Waals surface area (Å²) in [6.45, 7) is 3.91. The van der Waals surface area contributed by atoms with Crippen LogP contribution in [0.3, 0.4) is 0 Å². The number of carbonyl (C=O) groups is 1. The van der Waals surface area contributed by atoms with Crippen LogP contribution in [0.15, 0.2) is 48.5 Å². The molecule has 7 nitrogen and oxygen atoms in total. The van der Waals surface area contributed by atoms with Gasteiger partial charge in [-0.3, -0.25) is 0 Å². The van der Waals surface area contributed by atoms with Gasteiger partial charge in [-0.25, -0.2) is 4.79 Å². The highest BCUT2D eigenvalue weighted by Gasteiger charge is 2.16. The van der Waals surface area contributed by atoms with Crippen molar-refractivity contribution in [2.45, 2.75) is 64.9 Å². The SMILES string of the molecule is CCCCS(=O)(=O)Oc1ccc(CCCCC(CC)OCOC(=O)c2ccccc2)cc1OC. The topological polar surface area (TPSA) is 88.1 Å². The third-order valence-corrected chi connectivity index (χ3v) is 6.61. The summed E-state index contributed by atoms with van der Waals surface area (Å²) >= 11 is 0. The zero-order valence-electron chi connectivity index (χ0n) is 20.3. The van der Waals surface area contributed by atoms with Crippen molar-refractivity contribution in [3.63, 3.8) is 0 Å². The van der Waals surface area contributed by atoms with E-state index in [4.69, 9.17) is 18.4 Å². The quantitative estimate of drug-likeness (QED) is 0.132. The lowest BCUT2D eigenvalue weighted by atomic mass is 10.0. The summed E-state index contributed by atoms with van der Waals surface area (Å²) in [5.41, 5.74) is 1.55. The van der Waals surface area contributed by atoms with E-state index < -0.39 is 16.1 Å². The minimum absolute atomic E-state index is 0.0134. The third kappa shape index (κ3) is 9.73. The van der Waals surface area contributed by atoms with Crippen molar-refractivity contribution >= 4 is 16.1 Å². The highest BCUT2D eigenvalue weighted by Crippen LogP contribution is 2.30. The highest BCUT2D eigenvalue weighted by atomic mass is 32.2. The molecule has 8 heteroatoms. The number of rotatable bonds is 16. The molecule has 0 saturated carbocycles. The van der Waals surface area contributed by atoms with Crippen LogP contribution in [-0.4, -0.2) is 40.1 Å². The fourth-order valence-electron chi connectivity index (χ4n) is 3.38. The number of carbonyl (C=O) groups excluding carboxylic acids is 1. The van der Waals surface area contributed by atoms with Gasteiger partial charge in [0.15, 0.2) is 18.3 Å². The average molecular weight is 493 g/mol. The van der Waals surface area contributed by atoms with Crippen molar-refractivity contribution in [1.82, 2.24) is 0 Å². The monoisotopic (exact) mass is 492 g/mol. The molecular formula is C26H36O7S. The molecule has 0 fully saturated rings. The molecule has 0 aliphatic carbocycles. The van der Waals surface area contributed by atoms with Crippen LogP contribution in [0.5, 0.6) is 11.5 Å². The van der Waals surface area contributed by atoms with Crippen LogP contribution >= 0.6 is 0 Å². The van der Waals surface area contributed by atoms with E-state index in [0.717, 1.165) is 44.1 Å². The second kappa shape index (κ2) is 14.6. The summed E-state index contributed by atoms with van der Waals surface area (Å²) < 4.78 is 45.7. The minimum Gasteiger partial charge on any atom is -0.493 e. The number of methoxy groups -OCH3 is 1. The Kier molecular flexibility index (Phi) is 11.9. The molecule has 0 aliphatic rings. The molecule has 0 saturated heterocycles. The number of ether oxygens (including phenoxy) is 3. The van der Waals surface area contributed by atoms with Gasteiger partial charge in [0.1, 0.15) is 0 Å². The number of benzene rings is 2. The highest BCUT2D eigenvalue weighted by molar-refractivity contribution is 7.87. The van der Waals surface area contributed by atoms with E-state index in [1.54, 1.807) is 30.3 Å². The van der Waals surface area contributed by atoms with Crippen molar-refractivity contribution in [2.24, 2.45) is 0 Å². The van der Waals surface area contributed by atoms with E-state index in [2.05, 4.69) is 0 Å². The Morgan fingerprint density at radius 2 is 1.74 bits per heavy atom. The molecule has 2 aromatic carbocycles. The van der Waals surface area contributed by atoms with Crippen LogP contribution < -0.4 is 8.92 Å². The van der Waals surface area contributed by atoms with Crippen LogP contribution in [0.25, 0.3) is 0 Å². The Bertz CT molecular complexity index is 974. The first-order valence-corrected chi connectivity index (χ1v) is 13.4. The lowest BCUT2D eigenvalue weighted by Crippen LogP contribution is -2.17. The molecule has 1 unspecified atom stereocenters. The maximum absolute atomic E-state index is 12.1. The van der Waals surface area contributed by atoms with Crippen molar-refractivity contribution in [2.75, 3.05) is 19.7 Å². The van der Waals surface area contributed by atoms with Crippen LogP contribution in [0, 0.1) is 0 Å². The molecule has 0 N–H and O–H groups in total. The number of unbranched alkanes of at least 4 members (excludes halogenated alkanes) is 2. The smallest absolute Gasteiger partial charge is 0.340 e. The van der Waals surface area contributed by atoms with E-state index in [-0.39, 0.29) is 24.4 Å². The van der Waals surface area contributed by atoms with E-state index in [0.29, 0.717) is 17.7 Å². The lowest BCUT2D eigenvalue weighted by molar-refractivity contribution is -0.0690. The van der Waals surface area contributed by atoms with Gasteiger partial charge < -0.3 is 18.4 Å². The summed E-state index contributed by atoms with van der Waals surface area (Å²) in [6.07, 6.45) is 5.73. The van der Waals surface area contributed by atoms with Crippen LogP contribution in [-0.2, 0) is 26.0 Å². The van der Waals surface area contributed by atoms with Crippen molar-refractivity contribution in [3.8, 4) is 11.5 Å². The zero-order chi connectivity index (χ0) is 24.8. The minimum atomic E-state index is -3.63. The number of hydrogen-bond donors (Lipinski definition) is 0. The molecule has 2 aromatic rings. The normalized spacial score (nSPS) is 12.2. The van der Waals surface area contributed by atoms with Gasteiger partial charge in [-0.15, -0.1) is 0 Å². The molecule has 0 bridgehead atoms. The maximum atomic E-state index is 12.1. The predicted molar refractivity (Wildman–Crippen MR) is 132 cm³/mol. The van der Waals surface area contributed by atoms with E-state index in [9.17, 15) is 13.2 Å². The Labute approximate surface area is 203 Å².